The lowest BCUT2D eigenvalue weighted by Crippen LogP contribution is -2.22. The van der Waals surface area contributed by atoms with Crippen LogP contribution in [0.1, 0.15) is 10.9 Å². The number of anilines is 1. The Labute approximate surface area is 119 Å². The van der Waals surface area contributed by atoms with Gasteiger partial charge in [0.05, 0.1) is 5.69 Å². The molecule has 0 aliphatic rings. The number of carboxylic acid groups (broad SMARTS) is 1. The Morgan fingerprint density at radius 3 is 2.50 bits per heavy atom. The van der Waals surface area contributed by atoms with Crippen LogP contribution < -0.4 is 10.5 Å². The van der Waals surface area contributed by atoms with Crippen LogP contribution in [0.25, 0.3) is 0 Å². The maximum Gasteiger partial charge on any atom is 0.331 e. The summed E-state index contributed by atoms with van der Waals surface area (Å²) in [6, 6.07) is 8.28. The standard InChI is InChI=1S/C12H12N2O4S2/c13-20(17,18)10-6-2-1-4-8(10)14-11(12(15)16)9-5-3-7-19-9/h1-7,11,14H,(H,15,16)(H2,13,17,18). The lowest BCUT2D eigenvalue weighted by atomic mass is 10.2. The summed E-state index contributed by atoms with van der Waals surface area (Å²) in [7, 11) is -3.93. The van der Waals surface area contributed by atoms with E-state index in [1.54, 1.807) is 23.6 Å². The fourth-order valence-electron chi connectivity index (χ4n) is 1.70. The summed E-state index contributed by atoms with van der Waals surface area (Å²) < 4.78 is 23.0. The third-order valence-electron chi connectivity index (χ3n) is 2.57. The zero-order valence-corrected chi connectivity index (χ0v) is 11.8. The molecule has 1 unspecified atom stereocenters. The Bertz CT molecular complexity index is 711. The van der Waals surface area contributed by atoms with Crippen molar-refractivity contribution in [1.29, 1.82) is 0 Å². The highest BCUT2D eigenvalue weighted by Crippen LogP contribution is 2.27. The maximum absolute atomic E-state index is 11.5. The SMILES string of the molecule is NS(=O)(=O)c1ccccc1NC(C(=O)O)c1cccs1. The summed E-state index contributed by atoms with van der Waals surface area (Å²) in [5.41, 5.74) is 0.163. The van der Waals surface area contributed by atoms with Gasteiger partial charge in [0.25, 0.3) is 0 Å². The number of carbonyl (C=O) groups is 1. The molecular weight excluding hydrogens is 300 g/mol. The first-order chi connectivity index (χ1) is 9.39. The third kappa shape index (κ3) is 3.16. The minimum atomic E-state index is -3.93. The van der Waals surface area contributed by atoms with E-state index in [0.29, 0.717) is 4.88 Å². The van der Waals surface area contributed by atoms with Crippen molar-refractivity contribution in [2.75, 3.05) is 5.32 Å². The van der Waals surface area contributed by atoms with Crippen molar-refractivity contribution in [2.24, 2.45) is 5.14 Å². The highest BCUT2D eigenvalue weighted by molar-refractivity contribution is 7.89. The first-order valence-corrected chi connectivity index (χ1v) is 7.97. The van der Waals surface area contributed by atoms with Crippen LogP contribution in [0.5, 0.6) is 0 Å². The Morgan fingerprint density at radius 2 is 1.95 bits per heavy atom. The molecule has 0 radical (unpaired) electrons. The van der Waals surface area contributed by atoms with Gasteiger partial charge >= 0.3 is 5.97 Å². The van der Waals surface area contributed by atoms with Crippen LogP contribution >= 0.6 is 11.3 Å². The number of para-hydroxylation sites is 1. The fourth-order valence-corrected chi connectivity index (χ4v) is 3.17. The molecule has 1 atom stereocenters. The number of nitrogens with two attached hydrogens (primary N) is 1. The minimum Gasteiger partial charge on any atom is -0.479 e. The molecule has 0 spiro atoms. The molecule has 4 N–H and O–H groups in total. The highest BCUT2D eigenvalue weighted by Gasteiger charge is 2.23. The monoisotopic (exact) mass is 312 g/mol. The lowest BCUT2D eigenvalue weighted by molar-refractivity contribution is -0.138. The average Bonchev–Trinajstić information content (AvgIpc) is 2.88. The molecule has 0 saturated heterocycles. The van der Waals surface area contributed by atoms with Gasteiger partial charge in [0.15, 0.2) is 6.04 Å². The molecule has 8 heteroatoms. The van der Waals surface area contributed by atoms with E-state index >= 15 is 0 Å². The van der Waals surface area contributed by atoms with E-state index in [1.807, 2.05) is 0 Å². The molecular formula is C12H12N2O4S2. The molecule has 2 rings (SSSR count). The topological polar surface area (TPSA) is 109 Å². The molecule has 1 aromatic carbocycles. The van der Waals surface area contributed by atoms with Crippen molar-refractivity contribution in [1.82, 2.24) is 0 Å². The highest BCUT2D eigenvalue weighted by atomic mass is 32.2. The first kappa shape index (κ1) is 14.5. The zero-order chi connectivity index (χ0) is 14.8. The summed E-state index contributed by atoms with van der Waals surface area (Å²) in [6.07, 6.45) is 0. The molecule has 0 aliphatic carbocycles. The van der Waals surface area contributed by atoms with E-state index < -0.39 is 22.0 Å². The summed E-state index contributed by atoms with van der Waals surface area (Å²) in [5.74, 6) is -1.10. The molecule has 106 valence electrons. The summed E-state index contributed by atoms with van der Waals surface area (Å²) in [6.45, 7) is 0. The second-order valence-electron chi connectivity index (χ2n) is 3.97. The van der Waals surface area contributed by atoms with Crippen molar-refractivity contribution < 1.29 is 18.3 Å². The predicted octanol–water partition coefficient (Wildman–Crippen LogP) is 1.63. The fraction of sp³-hybridized carbons (Fsp3) is 0.0833. The number of aliphatic carboxylic acids is 1. The molecule has 1 heterocycles. The van der Waals surface area contributed by atoms with Crippen LogP contribution in [0.2, 0.25) is 0 Å². The van der Waals surface area contributed by atoms with Crippen LogP contribution in [-0.2, 0) is 14.8 Å². The van der Waals surface area contributed by atoms with E-state index in [-0.39, 0.29) is 10.6 Å². The van der Waals surface area contributed by atoms with Gasteiger partial charge in [0, 0.05) is 4.88 Å². The maximum atomic E-state index is 11.5. The van der Waals surface area contributed by atoms with Crippen molar-refractivity contribution in [3.8, 4) is 0 Å². The normalized spacial score (nSPS) is 12.8. The smallest absolute Gasteiger partial charge is 0.331 e. The number of hydrogen-bond acceptors (Lipinski definition) is 5. The van der Waals surface area contributed by atoms with Crippen molar-refractivity contribution in [3.05, 3.63) is 46.7 Å². The van der Waals surface area contributed by atoms with Crippen LogP contribution in [0.4, 0.5) is 5.69 Å². The number of carboxylic acids is 1. The molecule has 0 amide bonds. The van der Waals surface area contributed by atoms with Crippen LogP contribution in [0.3, 0.4) is 0 Å². The molecule has 0 saturated carbocycles. The minimum absolute atomic E-state index is 0.136. The van der Waals surface area contributed by atoms with Gasteiger partial charge in [-0.25, -0.2) is 18.4 Å². The number of rotatable bonds is 5. The molecule has 20 heavy (non-hydrogen) atoms. The number of primary sulfonamides is 1. The average molecular weight is 312 g/mol. The molecule has 0 bridgehead atoms. The van der Waals surface area contributed by atoms with E-state index in [4.69, 9.17) is 5.14 Å². The third-order valence-corrected chi connectivity index (χ3v) is 4.47. The Balaban J connectivity index is 2.40. The van der Waals surface area contributed by atoms with Crippen molar-refractivity contribution in [2.45, 2.75) is 10.9 Å². The number of thiophene rings is 1. The van der Waals surface area contributed by atoms with Gasteiger partial charge < -0.3 is 10.4 Å². The van der Waals surface area contributed by atoms with Gasteiger partial charge in [0.1, 0.15) is 4.90 Å². The summed E-state index contributed by atoms with van der Waals surface area (Å²) >= 11 is 1.27. The Kier molecular flexibility index (Phi) is 4.07. The van der Waals surface area contributed by atoms with E-state index in [1.165, 1.54) is 29.5 Å². The number of nitrogens with one attached hydrogen (secondary N) is 1. The van der Waals surface area contributed by atoms with Gasteiger partial charge in [-0.2, -0.15) is 0 Å². The van der Waals surface area contributed by atoms with Crippen LogP contribution in [-0.4, -0.2) is 19.5 Å². The molecule has 6 nitrogen and oxygen atoms in total. The Hall–Kier alpha value is -1.90. The van der Waals surface area contributed by atoms with Crippen LogP contribution in [0.15, 0.2) is 46.7 Å². The van der Waals surface area contributed by atoms with Gasteiger partial charge in [-0.15, -0.1) is 11.3 Å². The quantitative estimate of drug-likeness (QED) is 0.777. The zero-order valence-electron chi connectivity index (χ0n) is 10.2. The molecule has 0 aliphatic heterocycles. The summed E-state index contributed by atoms with van der Waals surface area (Å²) in [4.78, 5) is 11.8. The van der Waals surface area contributed by atoms with Crippen LogP contribution in [0, 0.1) is 0 Å². The number of hydrogen-bond donors (Lipinski definition) is 3. The second-order valence-corrected chi connectivity index (χ2v) is 6.48. The summed E-state index contributed by atoms with van der Waals surface area (Å²) in [5, 5.41) is 18.8. The van der Waals surface area contributed by atoms with E-state index in [9.17, 15) is 18.3 Å². The van der Waals surface area contributed by atoms with Gasteiger partial charge in [0.2, 0.25) is 10.0 Å². The van der Waals surface area contributed by atoms with Gasteiger partial charge in [-0.05, 0) is 23.6 Å². The second kappa shape index (κ2) is 5.61. The predicted molar refractivity (Wildman–Crippen MR) is 76.1 cm³/mol. The first-order valence-electron chi connectivity index (χ1n) is 5.54. The largest absolute Gasteiger partial charge is 0.479 e. The number of benzene rings is 1. The van der Waals surface area contributed by atoms with Gasteiger partial charge in [-0.3, -0.25) is 0 Å². The van der Waals surface area contributed by atoms with Crippen molar-refractivity contribution >= 4 is 33.0 Å². The number of sulfonamides is 1. The van der Waals surface area contributed by atoms with Gasteiger partial charge in [-0.1, -0.05) is 18.2 Å². The lowest BCUT2D eigenvalue weighted by Gasteiger charge is -2.16. The van der Waals surface area contributed by atoms with E-state index in [2.05, 4.69) is 5.32 Å². The van der Waals surface area contributed by atoms with Crippen molar-refractivity contribution in [3.63, 3.8) is 0 Å². The molecule has 2 aromatic rings. The van der Waals surface area contributed by atoms with E-state index in [0.717, 1.165) is 0 Å². The molecule has 0 fully saturated rings. The Morgan fingerprint density at radius 1 is 1.25 bits per heavy atom. The molecule has 1 aromatic heterocycles.